The second kappa shape index (κ2) is 5.55. The molecule has 1 unspecified atom stereocenters. The molecule has 1 aromatic carbocycles. The molecule has 2 aromatic heterocycles. The summed E-state index contributed by atoms with van der Waals surface area (Å²) in [6.45, 7) is 0. The topological polar surface area (TPSA) is 88.1 Å². The lowest BCUT2D eigenvalue weighted by Gasteiger charge is -2.13. The molecule has 3 aromatic rings. The van der Waals surface area contributed by atoms with Crippen LogP contribution in [-0.2, 0) is 6.42 Å². The molecule has 0 bridgehead atoms. The quantitative estimate of drug-likeness (QED) is 0.769. The molecule has 1 aliphatic carbocycles. The van der Waals surface area contributed by atoms with Gasteiger partial charge in [0, 0.05) is 36.3 Å². The maximum absolute atomic E-state index is 5.62. The fraction of sp³-hybridized carbons (Fsp3) is 0.111. The molecule has 0 amide bonds. The van der Waals surface area contributed by atoms with E-state index in [2.05, 4.69) is 31.6 Å². The SMILES string of the molecule is C1=C2NC(c3ccc(Oc4ncccn4)cc3)=NC2Cc2c[nH]nc21. The highest BCUT2D eigenvalue weighted by molar-refractivity contribution is 6.02. The van der Waals surface area contributed by atoms with E-state index in [1.165, 1.54) is 5.56 Å². The lowest BCUT2D eigenvalue weighted by molar-refractivity contribution is 0.442. The Morgan fingerprint density at radius 3 is 2.76 bits per heavy atom. The Morgan fingerprint density at radius 2 is 1.92 bits per heavy atom. The van der Waals surface area contributed by atoms with Gasteiger partial charge in [0.1, 0.15) is 11.6 Å². The minimum absolute atomic E-state index is 0.133. The first-order chi connectivity index (χ1) is 12.3. The zero-order chi connectivity index (χ0) is 16.6. The van der Waals surface area contributed by atoms with Crippen LogP contribution < -0.4 is 10.1 Å². The number of aromatic nitrogens is 4. The first kappa shape index (κ1) is 13.9. The summed E-state index contributed by atoms with van der Waals surface area (Å²) in [7, 11) is 0. The number of benzene rings is 1. The van der Waals surface area contributed by atoms with Gasteiger partial charge in [-0.1, -0.05) is 0 Å². The molecule has 0 fully saturated rings. The van der Waals surface area contributed by atoms with Crippen LogP contribution in [-0.4, -0.2) is 32.0 Å². The van der Waals surface area contributed by atoms with E-state index in [0.717, 1.165) is 29.2 Å². The Hall–Kier alpha value is -3.48. The Bertz CT molecular complexity index is 974. The van der Waals surface area contributed by atoms with Crippen LogP contribution in [0.5, 0.6) is 11.8 Å². The van der Waals surface area contributed by atoms with E-state index in [0.29, 0.717) is 11.8 Å². The number of H-pyrrole nitrogens is 1. The van der Waals surface area contributed by atoms with Gasteiger partial charge in [0.15, 0.2) is 0 Å². The molecule has 2 N–H and O–H groups in total. The Labute approximate surface area is 143 Å². The number of hydrogen-bond acceptors (Lipinski definition) is 6. The Balaban J connectivity index is 1.35. The van der Waals surface area contributed by atoms with Crippen molar-refractivity contribution in [3.8, 4) is 11.8 Å². The minimum atomic E-state index is 0.133. The molecule has 1 aliphatic heterocycles. The van der Waals surface area contributed by atoms with Crippen molar-refractivity contribution in [2.75, 3.05) is 0 Å². The zero-order valence-electron chi connectivity index (χ0n) is 13.2. The van der Waals surface area contributed by atoms with Crippen molar-refractivity contribution < 1.29 is 4.74 Å². The molecule has 122 valence electrons. The van der Waals surface area contributed by atoms with Crippen molar-refractivity contribution in [3.63, 3.8) is 0 Å². The van der Waals surface area contributed by atoms with E-state index in [4.69, 9.17) is 9.73 Å². The van der Waals surface area contributed by atoms with Gasteiger partial charge in [-0.05, 0) is 42.0 Å². The van der Waals surface area contributed by atoms with Gasteiger partial charge in [-0.25, -0.2) is 9.97 Å². The number of hydrogen-bond donors (Lipinski definition) is 2. The molecular weight excluding hydrogens is 316 g/mol. The molecule has 0 radical (unpaired) electrons. The molecule has 25 heavy (non-hydrogen) atoms. The maximum atomic E-state index is 5.62. The lowest BCUT2D eigenvalue weighted by atomic mass is 9.98. The summed E-state index contributed by atoms with van der Waals surface area (Å²) in [6, 6.07) is 9.93. The third kappa shape index (κ3) is 2.55. The molecule has 0 saturated carbocycles. The van der Waals surface area contributed by atoms with Crippen LogP contribution in [0.3, 0.4) is 0 Å². The summed E-state index contributed by atoms with van der Waals surface area (Å²) < 4.78 is 5.62. The summed E-state index contributed by atoms with van der Waals surface area (Å²) in [6.07, 6.45) is 8.15. The van der Waals surface area contributed by atoms with Crippen molar-refractivity contribution in [2.45, 2.75) is 12.5 Å². The highest BCUT2D eigenvalue weighted by Crippen LogP contribution is 2.27. The smallest absolute Gasteiger partial charge is 0.321 e. The molecule has 5 rings (SSSR count). The normalized spacial score (nSPS) is 17.8. The monoisotopic (exact) mass is 330 g/mol. The van der Waals surface area contributed by atoms with Gasteiger partial charge in [-0.3, -0.25) is 10.1 Å². The number of aliphatic imine (C=N–C) groups is 1. The number of ether oxygens (including phenoxy) is 1. The summed E-state index contributed by atoms with van der Waals surface area (Å²) >= 11 is 0. The van der Waals surface area contributed by atoms with E-state index in [9.17, 15) is 0 Å². The molecule has 0 spiro atoms. The van der Waals surface area contributed by atoms with Crippen molar-refractivity contribution >= 4 is 11.9 Å². The number of fused-ring (bicyclic) bond motifs is 2. The summed E-state index contributed by atoms with van der Waals surface area (Å²) in [5.41, 5.74) is 4.29. The highest BCUT2D eigenvalue weighted by atomic mass is 16.5. The van der Waals surface area contributed by atoms with Crippen LogP contribution in [0.1, 0.15) is 16.8 Å². The first-order valence-electron chi connectivity index (χ1n) is 7.99. The van der Waals surface area contributed by atoms with Crippen LogP contribution in [0, 0.1) is 0 Å². The van der Waals surface area contributed by atoms with Crippen LogP contribution >= 0.6 is 0 Å². The van der Waals surface area contributed by atoms with Crippen molar-refractivity contribution in [2.24, 2.45) is 4.99 Å². The Morgan fingerprint density at radius 1 is 1.08 bits per heavy atom. The largest absolute Gasteiger partial charge is 0.424 e. The number of rotatable bonds is 3. The van der Waals surface area contributed by atoms with Gasteiger partial charge in [0.25, 0.3) is 0 Å². The standard InChI is InChI=1S/C18H14N6O/c1-6-19-18(20-7-1)25-13-4-2-11(3-5-13)17-22-15-8-12-10-21-24-14(12)9-16(15)23-17/h1-7,9-10,15H,8H2,(H,21,24)(H,22,23). The van der Waals surface area contributed by atoms with E-state index in [-0.39, 0.29) is 6.04 Å². The third-order valence-electron chi connectivity index (χ3n) is 4.24. The predicted octanol–water partition coefficient (Wildman–Crippen LogP) is 2.31. The first-order valence-corrected chi connectivity index (χ1v) is 7.99. The fourth-order valence-corrected chi connectivity index (χ4v) is 3.01. The minimum Gasteiger partial charge on any atom is -0.424 e. The van der Waals surface area contributed by atoms with Gasteiger partial charge in [0.2, 0.25) is 0 Å². The summed E-state index contributed by atoms with van der Waals surface area (Å²) in [4.78, 5) is 12.9. The van der Waals surface area contributed by atoms with E-state index in [1.54, 1.807) is 18.5 Å². The second-order valence-corrected chi connectivity index (χ2v) is 5.88. The Kier molecular flexibility index (Phi) is 3.09. The summed E-state index contributed by atoms with van der Waals surface area (Å²) in [5, 5.41) is 10.6. The van der Waals surface area contributed by atoms with Gasteiger partial charge in [-0.2, -0.15) is 5.10 Å². The van der Waals surface area contributed by atoms with Gasteiger partial charge < -0.3 is 10.1 Å². The van der Waals surface area contributed by atoms with Crippen LogP contribution in [0.2, 0.25) is 0 Å². The predicted molar refractivity (Wildman–Crippen MR) is 92.3 cm³/mol. The molecule has 3 heterocycles. The van der Waals surface area contributed by atoms with E-state index < -0.39 is 0 Å². The van der Waals surface area contributed by atoms with Gasteiger partial charge >= 0.3 is 6.01 Å². The molecule has 2 aliphatic rings. The van der Waals surface area contributed by atoms with Gasteiger partial charge in [0.05, 0.1) is 11.7 Å². The maximum Gasteiger partial charge on any atom is 0.321 e. The molecular formula is C18H14N6O. The van der Waals surface area contributed by atoms with Gasteiger partial charge in [-0.15, -0.1) is 0 Å². The second-order valence-electron chi connectivity index (χ2n) is 5.88. The zero-order valence-corrected chi connectivity index (χ0v) is 13.2. The molecule has 7 heteroatoms. The summed E-state index contributed by atoms with van der Waals surface area (Å²) in [5.74, 6) is 1.55. The molecule has 1 atom stereocenters. The fourth-order valence-electron chi connectivity index (χ4n) is 3.01. The lowest BCUT2D eigenvalue weighted by Crippen LogP contribution is -2.22. The van der Waals surface area contributed by atoms with Crippen LogP contribution in [0.15, 0.2) is 59.6 Å². The highest BCUT2D eigenvalue weighted by Gasteiger charge is 2.28. The average molecular weight is 330 g/mol. The van der Waals surface area contributed by atoms with E-state index in [1.807, 2.05) is 30.5 Å². The van der Waals surface area contributed by atoms with Crippen molar-refractivity contribution in [1.29, 1.82) is 0 Å². The average Bonchev–Trinajstić information content (AvgIpc) is 3.27. The number of aromatic amines is 1. The number of amidine groups is 1. The van der Waals surface area contributed by atoms with Crippen molar-refractivity contribution in [3.05, 3.63) is 71.4 Å². The molecule has 7 nitrogen and oxygen atoms in total. The third-order valence-corrected chi connectivity index (χ3v) is 4.24. The van der Waals surface area contributed by atoms with Crippen LogP contribution in [0.4, 0.5) is 0 Å². The number of nitrogens with zero attached hydrogens (tertiary/aromatic N) is 4. The number of nitrogens with one attached hydrogen (secondary N) is 2. The van der Waals surface area contributed by atoms with Crippen LogP contribution in [0.25, 0.3) is 6.08 Å². The van der Waals surface area contributed by atoms with E-state index >= 15 is 0 Å². The molecule has 0 saturated heterocycles. The van der Waals surface area contributed by atoms with Crippen molar-refractivity contribution in [1.82, 2.24) is 25.5 Å².